The van der Waals surface area contributed by atoms with E-state index < -0.39 is 5.82 Å². The molecule has 5 nitrogen and oxygen atoms in total. The lowest BCUT2D eigenvalue weighted by Gasteiger charge is -2.13. The molecule has 4 rings (SSSR count). The van der Waals surface area contributed by atoms with Gasteiger partial charge in [0.25, 0.3) is 5.91 Å². The molecule has 1 amide bonds. The number of carbonyl (C=O) groups excluding carboxylic acids is 1. The number of benzene rings is 2. The second-order valence-electron chi connectivity index (χ2n) is 8.54. The number of thioether (sulfide) groups is 1. The molecule has 0 unspecified atom stereocenters. The Bertz CT molecular complexity index is 1260. The fourth-order valence-corrected chi connectivity index (χ4v) is 5.36. The van der Waals surface area contributed by atoms with Crippen molar-refractivity contribution in [2.24, 2.45) is 0 Å². The molecule has 1 aliphatic rings. The zero-order chi connectivity index (χ0) is 25.5. The van der Waals surface area contributed by atoms with Gasteiger partial charge in [0.1, 0.15) is 10.0 Å². The van der Waals surface area contributed by atoms with Crippen molar-refractivity contribution >= 4 is 40.3 Å². The highest BCUT2D eigenvalue weighted by molar-refractivity contribution is 8.26. The molecule has 188 valence electrons. The number of carbonyl (C=O) groups is 1. The quantitative estimate of drug-likeness (QED) is 0.151. The molecule has 36 heavy (non-hydrogen) atoms. The molecule has 0 spiro atoms. The van der Waals surface area contributed by atoms with Crippen molar-refractivity contribution in [1.82, 2.24) is 14.7 Å². The van der Waals surface area contributed by atoms with Gasteiger partial charge in [0, 0.05) is 23.9 Å². The third kappa shape index (κ3) is 6.05. The van der Waals surface area contributed by atoms with Crippen LogP contribution in [-0.2, 0) is 4.79 Å². The summed E-state index contributed by atoms with van der Waals surface area (Å²) in [6, 6.07) is 14.5. The number of thiocarbonyl (C=S) groups is 1. The molecule has 1 aliphatic heterocycles. The second kappa shape index (κ2) is 12.3. The van der Waals surface area contributed by atoms with Crippen LogP contribution in [0.5, 0.6) is 5.75 Å². The molecule has 0 atom stereocenters. The molecule has 8 heteroatoms. The van der Waals surface area contributed by atoms with E-state index in [-0.39, 0.29) is 11.7 Å². The molecule has 0 bridgehead atoms. The maximum Gasteiger partial charge on any atom is 0.266 e. The first-order valence-corrected chi connectivity index (χ1v) is 13.6. The summed E-state index contributed by atoms with van der Waals surface area (Å²) in [5, 5.41) is 4.75. The topological polar surface area (TPSA) is 47.4 Å². The molecule has 0 N–H and O–H groups in total. The number of amides is 1. The molecule has 2 heterocycles. The third-order valence-corrected chi connectivity index (χ3v) is 7.29. The minimum absolute atomic E-state index is 0.0863. The van der Waals surface area contributed by atoms with E-state index in [4.69, 9.17) is 22.1 Å². The van der Waals surface area contributed by atoms with Gasteiger partial charge in [-0.2, -0.15) is 5.10 Å². The predicted molar refractivity (Wildman–Crippen MR) is 149 cm³/mol. The van der Waals surface area contributed by atoms with Crippen LogP contribution in [0, 0.1) is 5.82 Å². The number of para-hydroxylation sites is 1. The first-order valence-electron chi connectivity index (χ1n) is 12.3. The number of rotatable bonds is 11. The van der Waals surface area contributed by atoms with Crippen molar-refractivity contribution in [2.45, 2.75) is 46.0 Å². The lowest BCUT2D eigenvalue weighted by atomic mass is 10.1. The molecule has 0 radical (unpaired) electrons. The average molecular weight is 524 g/mol. The number of hydrogen-bond acceptors (Lipinski definition) is 5. The highest BCUT2D eigenvalue weighted by atomic mass is 32.2. The summed E-state index contributed by atoms with van der Waals surface area (Å²) >= 11 is 6.82. The van der Waals surface area contributed by atoms with E-state index in [9.17, 15) is 9.18 Å². The summed E-state index contributed by atoms with van der Waals surface area (Å²) in [5.74, 6) is -0.342. The molecule has 1 aromatic heterocycles. The number of ether oxygens (including phenoxy) is 1. The summed E-state index contributed by atoms with van der Waals surface area (Å²) in [7, 11) is 0. The first-order chi connectivity index (χ1) is 17.5. The Hall–Kier alpha value is -2.97. The molecule has 0 aliphatic carbocycles. The largest absolute Gasteiger partial charge is 0.491 e. The van der Waals surface area contributed by atoms with Crippen LogP contribution < -0.4 is 4.74 Å². The van der Waals surface area contributed by atoms with E-state index in [0.29, 0.717) is 39.2 Å². The van der Waals surface area contributed by atoms with Crippen molar-refractivity contribution in [1.29, 1.82) is 0 Å². The molecular formula is C28H30FN3O2S2. The van der Waals surface area contributed by atoms with E-state index in [1.54, 1.807) is 21.7 Å². The zero-order valence-electron chi connectivity index (χ0n) is 20.6. The Morgan fingerprint density at radius 2 is 1.86 bits per heavy atom. The Morgan fingerprint density at radius 3 is 2.58 bits per heavy atom. The molecule has 0 saturated carbocycles. The average Bonchev–Trinajstić information content (AvgIpc) is 3.42. The van der Waals surface area contributed by atoms with Crippen molar-refractivity contribution in [3.63, 3.8) is 0 Å². The van der Waals surface area contributed by atoms with E-state index in [2.05, 4.69) is 6.92 Å². The lowest BCUT2D eigenvalue weighted by molar-refractivity contribution is -0.122. The number of halogens is 1. The normalized spacial score (nSPS) is 14.8. The van der Waals surface area contributed by atoms with Gasteiger partial charge >= 0.3 is 0 Å². The highest BCUT2D eigenvalue weighted by Gasteiger charge is 2.32. The SMILES string of the molecule is CCCCCCCN1C(=O)/C(=C/c2cn(-c3ccccc3)nc2-c2ccc(OCC)c(F)c2)SC1=S. The highest BCUT2D eigenvalue weighted by Crippen LogP contribution is 2.35. The summed E-state index contributed by atoms with van der Waals surface area (Å²) in [6.07, 6.45) is 9.24. The molecule has 1 saturated heterocycles. The van der Waals surface area contributed by atoms with Crippen LogP contribution in [-0.4, -0.2) is 38.1 Å². The predicted octanol–water partition coefficient (Wildman–Crippen LogP) is 7.25. The van der Waals surface area contributed by atoms with Crippen molar-refractivity contribution in [2.75, 3.05) is 13.2 Å². The molecular weight excluding hydrogens is 493 g/mol. The van der Waals surface area contributed by atoms with Gasteiger partial charge in [0.05, 0.1) is 17.2 Å². The van der Waals surface area contributed by atoms with E-state index in [1.165, 1.54) is 37.1 Å². The summed E-state index contributed by atoms with van der Waals surface area (Å²) in [5.41, 5.74) is 2.75. The van der Waals surface area contributed by atoms with Crippen LogP contribution in [0.15, 0.2) is 59.6 Å². The maximum atomic E-state index is 14.7. The van der Waals surface area contributed by atoms with Gasteiger partial charge in [0.15, 0.2) is 11.6 Å². The van der Waals surface area contributed by atoms with Crippen molar-refractivity contribution < 1.29 is 13.9 Å². The maximum absolute atomic E-state index is 14.7. The lowest BCUT2D eigenvalue weighted by Crippen LogP contribution is -2.29. The van der Waals surface area contributed by atoms with Crippen LogP contribution >= 0.6 is 24.0 Å². The van der Waals surface area contributed by atoms with E-state index >= 15 is 0 Å². The molecule has 2 aromatic carbocycles. The number of aromatic nitrogens is 2. The van der Waals surface area contributed by atoms with Crippen LogP contribution in [0.25, 0.3) is 23.0 Å². The van der Waals surface area contributed by atoms with E-state index in [0.717, 1.165) is 18.5 Å². The minimum atomic E-state index is -0.455. The first kappa shape index (κ1) is 26.1. The van der Waals surface area contributed by atoms with Gasteiger partial charge in [-0.05, 0) is 49.8 Å². The molecule has 1 fully saturated rings. The number of hydrogen-bond donors (Lipinski definition) is 0. The van der Waals surface area contributed by atoms with Gasteiger partial charge in [-0.15, -0.1) is 0 Å². The van der Waals surface area contributed by atoms with E-state index in [1.807, 2.05) is 49.5 Å². The Kier molecular flexibility index (Phi) is 8.93. The third-order valence-electron chi connectivity index (χ3n) is 5.91. The van der Waals surface area contributed by atoms with Crippen molar-refractivity contribution in [3.8, 4) is 22.7 Å². The van der Waals surface area contributed by atoms with Gasteiger partial charge < -0.3 is 4.74 Å². The van der Waals surface area contributed by atoms with Gasteiger partial charge in [-0.25, -0.2) is 9.07 Å². The van der Waals surface area contributed by atoms with Crippen LogP contribution in [0.2, 0.25) is 0 Å². The summed E-state index contributed by atoms with van der Waals surface area (Å²) in [6.45, 7) is 5.01. The minimum Gasteiger partial charge on any atom is -0.491 e. The zero-order valence-corrected chi connectivity index (χ0v) is 22.2. The smallest absolute Gasteiger partial charge is 0.266 e. The van der Waals surface area contributed by atoms with Crippen molar-refractivity contribution in [3.05, 3.63) is 71.0 Å². The fraction of sp³-hybridized carbons (Fsp3) is 0.321. The number of nitrogens with zero attached hydrogens (tertiary/aromatic N) is 3. The fourth-order valence-electron chi connectivity index (χ4n) is 4.06. The van der Waals surface area contributed by atoms with Crippen LogP contribution in [0.1, 0.15) is 51.5 Å². The monoisotopic (exact) mass is 523 g/mol. The molecule has 3 aromatic rings. The number of unbranched alkanes of at least 4 members (excludes halogenated alkanes) is 4. The Labute approximate surface area is 221 Å². The summed E-state index contributed by atoms with van der Waals surface area (Å²) in [4.78, 5) is 15.4. The Morgan fingerprint density at radius 1 is 1.08 bits per heavy atom. The van der Waals surface area contributed by atoms with Gasteiger partial charge in [0.2, 0.25) is 0 Å². The standard InChI is InChI=1S/C28H30FN3O2S2/c1-3-5-6-7-11-16-31-27(33)25(36-28(31)35)18-21-19-32(22-12-9-8-10-13-22)30-26(21)20-14-15-24(34-4-2)23(29)17-20/h8-10,12-15,17-19H,3-7,11,16H2,1-2H3/b25-18-. The summed E-state index contributed by atoms with van der Waals surface area (Å²) < 4.78 is 22.4. The van der Waals surface area contributed by atoms with Crippen LogP contribution in [0.4, 0.5) is 4.39 Å². The second-order valence-corrected chi connectivity index (χ2v) is 10.2. The van der Waals surface area contributed by atoms with Gasteiger partial charge in [-0.3, -0.25) is 9.69 Å². The Balaban J connectivity index is 1.65. The van der Waals surface area contributed by atoms with Gasteiger partial charge in [-0.1, -0.05) is 74.8 Å². The van der Waals surface area contributed by atoms with Crippen LogP contribution in [0.3, 0.4) is 0 Å².